The van der Waals surface area contributed by atoms with Crippen LogP contribution in [0.2, 0.25) is 0 Å². The Labute approximate surface area is 88.7 Å². The Bertz CT molecular complexity index is 413. The lowest BCUT2D eigenvalue weighted by molar-refractivity contribution is 0.597. The molecule has 0 spiro atoms. The Hall–Kier alpha value is -1.18. The van der Waals surface area contributed by atoms with E-state index in [1.807, 2.05) is 6.92 Å². The van der Waals surface area contributed by atoms with Crippen LogP contribution in [0.5, 0.6) is 0 Å². The molecule has 1 aromatic heterocycles. The molecule has 0 aromatic carbocycles. The molecule has 0 aliphatic carbocycles. The van der Waals surface area contributed by atoms with Gasteiger partial charge in [-0.05, 0) is 19.1 Å². The molecule has 0 saturated heterocycles. The number of rotatable bonds is 4. The normalized spacial score (nSPS) is 13.5. The molecule has 1 heterocycles. The third kappa shape index (κ3) is 3.82. The summed E-state index contributed by atoms with van der Waals surface area (Å²) in [6.45, 7) is 2.42. The van der Waals surface area contributed by atoms with Crippen molar-refractivity contribution in [2.45, 2.75) is 17.9 Å². The second-order valence-corrected chi connectivity index (χ2v) is 4.84. The van der Waals surface area contributed by atoms with Crippen molar-refractivity contribution >= 4 is 15.8 Å². The van der Waals surface area contributed by atoms with Crippen LogP contribution in [0.15, 0.2) is 23.2 Å². The highest BCUT2D eigenvalue weighted by atomic mass is 32.2. The second-order valence-electron chi connectivity index (χ2n) is 3.28. The van der Waals surface area contributed by atoms with Crippen molar-refractivity contribution in [3.8, 4) is 0 Å². The predicted molar refractivity (Wildman–Crippen MR) is 57.7 cm³/mol. The van der Waals surface area contributed by atoms with Crippen LogP contribution < -0.4 is 16.2 Å². The highest BCUT2D eigenvalue weighted by Gasteiger charge is 2.07. The molecule has 84 valence electrons. The Morgan fingerprint density at radius 3 is 2.60 bits per heavy atom. The first-order valence-electron chi connectivity index (χ1n) is 4.38. The van der Waals surface area contributed by atoms with Gasteiger partial charge in [-0.1, -0.05) is 0 Å². The number of pyridine rings is 1. The molecule has 1 aromatic rings. The summed E-state index contributed by atoms with van der Waals surface area (Å²) >= 11 is 0. The van der Waals surface area contributed by atoms with Gasteiger partial charge in [-0.15, -0.1) is 0 Å². The van der Waals surface area contributed by atoms with E-state index in [1.165, 1.54) is 12.3 Å². The first kappa shape index (κ1) is 11.9. The average molecular weight is 230 g/mol. The van der Waals surface area contributed by atoms with Crippen LogP contribution >= 0.6 is 0 Å². The van der Waals surface area contributed by atoms with E-state index in [4.69, 9.17) is 10.9 Å². The second kappa shape index (κ2) is 4.56. The molecule has 6 nitrogen and oxygen atoms in total. The molecule has 0 amide bonds. The number of primary sulfonamides is 1. The highest BCUT2D eigenvalue weighted by molar-refractivity contribution is 7.89. The maximum absolute atomic E-state index is 10.9. The van der Waals surface area contributed by atoms with E-state index in [0.717, 1.165) is 0 Å². The minimum atomic E-state index is -3.67. The molecule has 0 saturated carbocycles. The van der Waals surface area contributed by atoms with Gasteiger partial charge in [-0.3, -0.25) is 0 Å². The molecular formula is C8H14N4O2S. The fourth-order valence-corrected chi connectivity index (χ4v) is 1.38. The van der Waals surface area contributed by atoms with Gasteiger partial charge in [0.25, 0.3) is 0 Å². The van der Waals surface area contributed by atoms with Crippen LogP contribution in [0.25, 0.3) is 0 Å². The van der Waals surface area contributed by atoms with Crippen molar-refractivity contribution in [2.24, 2.45) is 10.9 Å². The molecule has 0 aliphatic rings. The van der Waals surface area contributed by atoms with Crippen molar-refractivity contribution in [2.75, 3.05) is 11.9 Å². The van der Waals surface area contributed by atoms with E-state index in [2.05, 4.69) is 10.3 Å². The summed E-state index contributed by atoms with van der Waals surface area (Å²) in [5, 5.41) is 7.87. The van der Waals surface area contributed by atoms with Crippen molar-refractivity contribution in [3.63, 3.8) is 0 Å². The smallest absolute Gasteiger partial charge is 0.239 e. The van der Waals surface area contributed by atoms with Gasteiger partial charge in [-0.25, -0.2) is 18.5 Å². The zero-order valence-corrected chi connectivity index (χ0v) is 9.16. The monoisotopic (exact) mass is 230 g/mol. The van der Waals surface area contributed by atoms with Gasteiger partial charge in [0.1, 0.15) is 10.7 Å². The summed E-state index contributed by atoms with van der Waals surface area (Å²) in [6, 6.07) is 2.94. The van der Waals surface area contributed by atoms with E-state index in [1.54, 1.807) is 6.07 Å². The topological polar surface area (TPSA) is 111 Å². The van der Waals surface area contributed by atoms with Crippen molar-refractivity contribution in [1.82, 2.24) is 4.98 Å². The van der Waals surface area contributed by atoms with Crippen LogP contribution in [0.3, 0.4) is 0 Å². The fourth-order valence-electron chi connectivity index (χ4n) is 0.919. The van der Waals surface area contributed by atoms with Crippen LogP contribution in [-0.2, 0) is 10.0 Å². The van der Waals surface area contributed by atoms with Crippen molar-refractivity contribution < 1.29 is 8.42 Å². The molecule has 5 N–H and O–H groups in total. The van der Waals surface area contributed by atoms with Crippen molar-refractivity contribution in [3.05, 3.63) is 18.3 Å². The van der Waals surface area contributed by atoms with Crippen LogP contribution in [0, 0.1) is 0 Å². The molecule has 1 atom stereocenters. The lowest BCUT2D eigenvalue weighted by atomic mass is 10.3. The fraction of sp³-hybridized carbons (Fsp3) is 0.375. The van der Waals surface area contributed by atoms with E-state index in [0.29, 0.717) is 12.4 Å². The molecule has 1 rings (SSSR count). The standard InChI is InChI=1S/C8H14N4O2S/c1-6(9)4-11-8-3-2-7(5-12-8)15(10,13)14/h2-3,5-6H,4,9H2,1H3,(H,11,12)(H2,10,13,14). The summed E-state index contributed by atoms with van der Waals surface area (Å²) in [5.41, 5.74) is 5.53. The van der Waals surface area contributed by atoms with Gasteiger partial charge in [0.15, 0.2) is 0 Å². The molecule has 1 unspecified atom stereocenters. The number of hydrogen-bond donors (Lipinski definition) is 3. The maximum Gasteiger partial charge on any atom is 0.239 e. The van der Waals surface area contributed by atoms with E-state index in [9.17, 15) is 8.42 Å². The molecule has 0 fully saturated rings. The first-order valence-corrected chi connectivity index (χ1v) is 5.92. The Balaban J connectivity index is 2.73. The molecule has 0 aliphatic heterocycles. The number of nitrogens with two attached hydrogens (primary N) is 2. The zero-order valence-electron chi connectivity index (χ0n) is 8.34. The third-order valence-corrected chi connectivity index (χ3v) is 2.57. The minimum absolute atomic E-state index is 0.00437. The van der Waals surface area contributed by atoms with Gasteiger partial charge in [-0.2, -0.15) is 0 Å². The summed E-state index contributed by atoms with van der Waals surface area (Å²) in [6.07, 6.45) is 1.21. The zero-order chi connectivity index (χ0) is 11.5. The van der Waals surface area contributed by atoms with E-state index in [-0.39, 0.29) is 10.9 Å². The number of hydrogen-bond acceptors (Lipinski definition) is 5. The average Bonchev–Trinajstić information content (AvgIpc) is 2.14. The van der Waals surface area contributed by atoms with Gasteiger partial charge in [0.2, 0.25) is 10.0 Å². The number of nitrogens with one attached hydrogen (secondary N) is 1. The van der Waals surface area contributed by atoms with E-state index >= 15 is 0 Å². The number of anilines is 1. The third-order valence-electron chi connectivity index (χ3n) is 1.67. The van der Waals surface area contributed by atoms with Crippen molar-refractivity contribution in [1.29, 1.82) is 0 Å². The minimum Gasteiger partial charge on any atom is -0.369 e. The maximum atomic E-state index is 10.9. The predicted octanol–water partition coefficient (Wildman–Crippen LogP) is -0.512. The van der Waals surface area contributed by atoms with Gasteiger partial charge >= 0.3 is 0 Å². The molecule has 0 bridgehead atoms. The Morgan fingerprint density at radius 2 is 2.20 bits per heavy atom. The van der Waals surface area contributed by atoms with E-state index < -0.39 is 10.0 Å². The van der Waals surface area contributed by atoms with Crippen LogP contribution in [-0.4, -0.2) is 26.0 Å². The summed E-state index contributed by atoms with van der Waals surface area (Å²) in [7, 11) is -3.67. The number of sulfonamides is 1. The quantitative estimate of drug-likeness (QED) is 0.645. The SMILES string of the molecule is CC(N)CNc1ccc(S(N)(=O)=O)cn1. The highest BCUT2D eigenvalue weighted by Crippen LogP contribution is 2.08. The summed E-state index contributed by atoms with van der Waals surface area (Å²) < 4.78 is 21.8. The van der Waals surface area contributed by atoms with Gasteiger partial charge < -0.3 is 11.1 Å². The number of nitrogens with zero attached hydrogens (tertiary/aromatic N) is 1. The largest absolute Gasteiger partial charge is 0.369 e. The van der Waals surface area contributed by atoms with Gasteiger partial charge in [0.05, 0.1) is 0 Å². The summed E-state index contributed by atoms with van der Waals surface area (Å²) in [4.78, 5) is 3.89. The lowest BCUT2D eigenvalue weighted by Crippen LogP contribution is -2.25. The molecule has 7 heteroatoms. The number of aromatic nitrogens is 1. The van der Waals surface area contributed by atoms with Crippen LogP contribution in [0.4, 0.5) is 5.82 Å². The molecule has 15 heavy (non-hydrogen) atoms. The molecular weight excluding hydrogens is 216 g/mol. The summed E-state index contributed by atoms with van der Waals surface area (Å²) in [5.74, 6) is 0.569. The van der Waals surface area contributed by atoms with Crippen LogP contribution in [0.1, 0.15) is 6.92 Å². The van der Waals surface area contributed by atoms with Gasteiger partial charge in [0, 0.05) is 18.8 Å². The lowest BCUT2D eigenvalue weighted by Gasteiger charge is -2.08. The Morgan fingerprint density at radius 1 is 1.53 bits per heavy atom. The Kier molecular flexibility index (Phi) is 3.61. The molecule has 0 radical (unpaired) electrons. The first-order chi connectivity index (χ1) is 6.89.